The van der Waals surface area contributed by atoms with Crippen molar-refractivity contribution in [1.82, 2.24) is 10.3 Å². The number of aromatic nitrogens is 1. The SMILES string of the molecule is COC(=O)c1nc(Cl)cc2c1CNC2=O. The van der Waals surface area contributed by atoms with Gasteiger partial charge in [-0.1, -0.05) is 11.6 Å². The van der Waals surface area contributed by atoms with E-state index < -0.39 is 5.97 Å². The standard InChI is InChI=1S/C9H7ClN2O3/c1-15-9(14)7-5-3-11-8(13)4(5)2-6(10)12-7/h2H,3H2,1H3,(H,11,13). The van der Waals surface area contributed by atoms with E-state index in [9.17, 15) is 9.59 Å². The molecule has 1 aliphatic rings. The lowest BCUT2D eigenvalue weighted by molar-refractivity contribution is 0.0592. The van der Waals surface area contributed by atoms with Crippen LogP contribution in [0.1, 0.15) is 26.4 Å². The third-order valence-electron chi connectivity index (χ3n) is 2.14. The summed E-state index contributed by atoms with van der Waals surface area (Å²) in [5.41, 5.74) is 1.02. The molecule has 0 aromatic carbocycles. The van der Waals surface area contributed by atoms with E-state index in [-0.39, 0.29) is 23.3 Å². The molecule has 0 bridgehead atoms. The number of carbonyl (C=O) groups is 2. The Bertz CT molecular complexity index is 459. The number of fused-ring (bicyclic) bond motifs is 1. The molecule has 5 nitrogen and oxygen atoms in total. The number of carbonyl (C=O) groups excluding carboxylic acids is 2. The molecule has 1 amide bonds. The lowest BCUT2D eigenvalue weighted by Gasteiger charge is -2.03. The van der Waals surface area contributed by atoms with Gasteiger partial charge in [0.2, 0.25) is 0 Å². The summed E-state index contributed by atoms with van der Waals surface area (Å²) in [6.07, 6.45) is 0. The average Bonchev–Trinajstić information content (AvgIpc) is 2.58. The molecule has 15 heavy (non-hydrogen) atoms. The van der Waals surface area contributed by atoms with Gasteiger partial charge in [0.05, 0.1) is 7.11 Å². The first-order chi connectivity index (χ1) is 7.13. The summed E-state index contributed by atoms with van der Waals surface area (Å²) in [5, 5.41) is 2.69. The summed E-state index contributed by atoms with van der Waals surface area (Å²) in [4.78, 5) is 26.5. The summed E-state index contributed by atoms with van der Waals surface area (Å²) >= 11 is 5.70. The molecule has 0 spiro atoms. The Balaban J connectivity index is 2.61. The zero-order chi connectivity index (χ0) is 11.0. The Kier molecular flexibility index (Phi) is 2.32. The van der Waals surface area contributed by atoms with Crippen molar-refractivity contribution in [3.63, 3.8) is 0 Å². The number of rotatable bonds is 1. The van der Waals surface area contributed by atoms with Crippen LogP contribution in [0.3, 0.4) is 0 Å². The highest BCUT2D eigenvalue weighted by atomic mass is 35.5. The van der Waals surface area contributed by atoms with Gasteiger partial charge in [0.25, 0.3) is 5.91 Å². The number of nitrogens with zero attached hydrogens (tertiary/aromatic N) is 1. The van der Waals surface area contributed by atoms with Crippen LogP contribution in [0.25, 0.3) is 0 Å². The lowest BCUT2D eigenvalue weighted by atomic mass is 10.1. The molecule has 2 rings (SSSR count). The Morgan fingerprint density at radius 3 is 3.07 bits per heavy atom. The fourth-order valence-electron chi connectivity index (χ4n) is 1.45. The van der Waals surface area contributed by atoms with Crippen molar-refractivity contribution < 1.29 is 14.3 Å². The van der Waals surface area contributed by atoms with Crippen LogP contribution in [-0.2, 0) is 11.3 Å². The summed E-state index contributed by atoms with van der Waals surface area (Å²) in [6, 6.07) is 1.44. The number of methoxy groups -OCH3 is 1. The molecule has 0 saturated carbocycles. The molecule has 1 aliphatic heterocycles. The van der Waals surface area contributed by atoms with E-state index in [4.69, 9.17) is 11.6 Å². The van der Waals surface area contributed by atoms with E-state index in [1.165, 1.54) is 13.2 Å². The van der Waals surface area contributed by atoms with Crippen LogP contribution < -0.4 is 5.32 Å². The maximum Gasteiger partial charge on any atom is 0.357 e. The molecular weight excluding hydrogens is 220 g/mol. The second kappa shape index (κ2) is 3.51. The quantitative estimate of drug-likeness (QED) is 0.567. The van der Waals surface area contributed by atoms with Crippen molar-refractivity contribution in [3.8, 4) is 0 Å². The fraction of sp³-hybridized carbons (Fsp3) is 0.222. The van der Waals surface area contributed by atoms with Crippen LogP contribution in [0.5, 0.6) is 0 Å². The van der Waals surface area contributed by atoms with E-state index in [0.717, 1.165) is 0 Å². The largest absolute Gasteiger partial charge is 0.464 e. The molecule has 1 aromatic heterocycles. The van der Waals surface area contributed by atoms with Gasteiger partial charge in [-0.25, -0.2) is 9.78 Å². The minimum atomic E-state index is -0.592. The summed E-state index contributed by atoms with van der Waals surface area (Å²) in [7, 11) is 1.25. The van der Waals surface area contributed by atoms with Crippen molar-refractivity contribution in [2.24, 2.45) is 0 Å². The fourth-order valence-corrected chi connectivity index (χ4v) is 1.64. The van der Waals surface area contributed by atoms with Crippen molar-refractivity contribution in [2.45, 2.75) is 6.54 Å². The maximum absolute atomic E-state index is 11.3. The normalized spacial score (nSPS) is 13.3. The zero-order valence-electron chi connectivity index (χ0n) is 7.83. The predicted octanol–water partition coefficient (Wildman–Crippen LogP) is 0.765. The minimum Gasteiger partial charge on any atom is -0.464 e. The number of esters is 1. The van der Waals surface area contributed by atoms with E-state index in [1.807, 2.05) is 0 Å². The van der Waals surface area contributed by atoms with Gasteiger partial charge in [0.1, 0.15) is 5.15 Å². The topological polar surface area (TPSA) is 68.3 Å². The molecular formula is C9H7ClN2O3. The van der Waals surface area contributed by atoms with Crippen LogP contribution in [-0.4, -0.2) is 24.0 Å². The number of amides is 1. The van der Waals surface area contributed by atoms with Gasteiger partial charge in [-0.05, 0) is 6.07 Å². The van der Waals surface area contributed by atoms with Crippen molar-refractivity contribution >= 4 is 23.5 Å². The van der Waals surface area contributed by atoms with Crippen molar-refractivity contribution in [2.75, 3.05) is 7.11 Å². The number of hydrogen-bond donors (Lipinski definition) is 1. The number of halogens is 1. The molecule has 0 fully saturated rings. The van der Waals surface area contributed by atoms with Crippen LogP contribution in [0.2, 0.25) is 5.15 Å². The molecule has 1 aromatic rings. The number of nitrogens with one attached hydrogen (secondary N) is 1. The highest BCUT2D eigenvalue weighted by molar-refractivity contribution is 6.30. The first kappa shape index (κ1) is 9.92. The summed E-state index contributed by atoms with van der Waals surface area (Å²) in [5.74, 6) is -0.843. The van der Waals surface area contributed by atoms with Gasteiger partial charge in [-0.3, -0.25) is 4.79 Å². The Labute approximate surface area is 90.4 Å². The summed E-state index contributed by atoms with van der Waals surface area (Å²) < 4.78 is 4.55. The predicted molar refractivity (Wildman–Crippen MR) is 51.8 cm³/mol. The zero-order valence-corrected chi connectivity index (χ0v) is 8.59. The van der Waals surface area contributed by atoms with Crippen molar-refractivity contribution in [1.29, 1.82) is 0 Å². The Morgan fingerprint density at radius 2 is 2.40 bits per heavy atom. The van der Waals surface area contributed by atoms with Gasteiger partial charge in [-0.15, -0.1) is 0 Å². The van der Waals surface area contributed by atoms with Gasteiger partial charge >= 0.3 is 5.97 Å². The van der Waals surface area contributed by atoms with Crippen LogP contribution in [0, 0.1) is 0 Å². The molecule has 0 unspecified atom stereocenters. The second-order valence-corrected chi connectivity index (χ2v) is 3.38. The second-order valence-electron chi connectivity index (χ2n) is 2.99. The minimum absolute atomic E-state index is 0.0957. The molecule has 2 heterocycles. The smallest absolute Gasteiger partial charge is 0.357 e. The number of pyridine rings is 1. The number of hydrogen-bond acceptors (Lipinski definition) is 4. The van der Waals surface area contributed by atoms with Gasteiger partial charge in [-0.2, -0.15) is 0 Å². The summed E-state index contributed by atoms with van der Waals surface area (Å²) in [6.45, 7) is 0.281. The van der Waals surface area contributed by atoms with Crippen LogP contribution >= 0.6 is 11.6 Å². The van der Waals surface area contributed by atoms with Crippen LogP contribution in [0.15, 0.2) is 6.07 Å². The highest BCUT2D eigenvalue weighted by Gasteiger charge is 2.27. The molecule has 0 aliphatic carbocycles. The van der Waals surface area contributed by atoms with Crippen molar-refractivity contribution in [3.05, 3.63) is 28.0 Å². The van der Waals surface area contributed by atoms with E-state index in [2.05, 4.69) is 15.0 Å². The first-order valence-corrected chi connectivity index (χ1v) is 4.57. The molecule has 78 valence electrons. The monoisotopic (exact) mass is 226 g/mol. The van der Waals surface area contributed by atoms with E-state index in [1.54, 1.807) is 0 Å². The average molecular weight is 227 g/mol. The lowest BCUT2D eigenvalue weighted by Crippen LogP contribution is -2.12. The molecule has 0 atom stereocenters. The first-order valence-electron chi connectivity index (χ1n) is 4.19. The number of ether oxygens (including phenoxy) is 1. The maximum atomic E-state index is 11.3. The van der Waals surface area contributed by atoms with Gasteiger partial charge in [0.15, 0.2) is 5.69 Å². The highest BCUT2D eigenvalue weighted by Crippen LogP contribution is 2.22. The molecule has 0 saturated heterocycles. The van der Waals surface area contributed by atoms with Gasteiger partial charge in [0, 0.05) is 17.7 Å². The molecule has 0 radical (unpaired) electrons. The van der Waals surface area contributed by atoms with Crippen LogP contribution in [0.4, 0.5) is 0 Å². The Hall–Kier alpha value is -1.62. The van der Waals surface area contributed by atoms with E-state index >= 15 is 0 Å². The van der Waals surface area contributed by atoms with Gasteiger partial charge < -0.3 is 10.1 Å². The Morgan fingerprint density at radius 1 is 1.67 bits per heavy atom. The molecule has 6 heteroatoms. The third-order valence-corrected chi connectivity index (χ3v) is 2.34. The third kappa shape index (κ3) is 1.55. The molecule has 1 N–H and O–H groups in total. The van der Waals surface area contributed by atoms with E-state index in [0.29, 0.717) is 11.1 Å².